The van der Waals surface area contributed by atoms with E-state index in [1.54, 1.807) is 6.92 Å². The monoisotopic (exact) mass is 318 g/mol. The SMILES string of the molecule is CCCCCCCC1OC(C)(C)OC1CC#CC#CC(=O)CC. The van der Waals surface area contributed by atoms with E-state index in [9.17, 15) is 4.79 Å². The van der Waals surface area contributed by atoms with Gasteiger partial charge < -0.3 is 9.47 Å². The molecule has 1 heterocycles. The Hall–Kier alpha value is -1.29. The van der Waals surface area contributed by atoms with E-state index in [4.69, 9.17) is 9.47 Å². The summed E-state index contributed by atoms with van der Waals surface area (Å²) in [5.74, 6) is 10.2. The third kappa shape index (κ3) is 8.21. The highest BCUT2D eigenvalue weighted by molar-refractivity contribution is 5.95. The van der Waals surface area contributed by atoms with Crippen molar-refractivity contribution in [1.29, 1.82) is 0 Å². The highest BCUT2D eigenvalue weighted by atomic mass is 16.7. The number of unbranched alkanes of at least 4 members (excludes halogenated alkanes) is 4. The van der Waals surface area contributed by atoms with Crippen LogP contribution >= 0.6 is 0 Å². The highest BCUT2D eigenvalue weighted by Crippen LogP contribution is 2.32. The molecule has 0 saturated carbocycles. The molecule has 1 aliphatic heterocycles. The average molecular weight is 318 g/mol. The van der Waals surface area contributed by atoms with Gasteiger partial charge in [0.05, 0.1) is 12.2 Å². The molecule has 1 saturated heterocycles. The molecular formula is C20H30O3. The molecular weight excluding hydrogens is 288 g/mol. The molecule has 1 rings (SSSR count). The Kier molecular flexibility index (Phi) is 9.00. The Balaban J connectivity index is 2.44. The molecule has 2 atom stereocenters. The predicted molar refractivity (Wildman–Crippen MR) is 92.7 cm³/mol. The number of carbonyl (C=O) groups excluding carboxylic acids is 1. The fraction of sp³-hybridized carbons (Fsp3) is 0.750. The van der Waals surface area contributed by atoms with Crippen molar-refractivity contribution >= 4 is 5.78 Å². The first-order valence-electron chi connectivity index (χ1n) is 8.85. The molecule has 23 heavy (non-hydrogen) atoms. The lowest BCUT2D eigenvalue weighted by atomic mass is 10.0. The van der Waals surface area contributed by atoms with Gasteiger partial charge in [-0.15, -0.1) is 0 Å². The standard InChI is InChI=1S/C20H30O3/c1-5-7-8-9-12-15-18-19(23-20(3,4)22-18)16-13-10-11-14-17(21)6-2/h18-19H,5-9,12,15-16H2,1-4H3. The number of Topliss-reactive ketones (excluding diaryl/α,β-unsaturated/α-hetero) is 1. The van der Waals surface area contributed by atoms with Crippen LogP contribution in [0.25, 0.3) is 0 Å². The molecule has 0 N–H and O–H groups in total. The van der Waals surface area contributed by atoms with E-state index < -0.39 is 5.79 Å². The van der Waals surface area contributed by atoms with E-state index in [1.165, 1.54) is 32.1 Å². The van der Waals surface area contributed by atoms with E-state index in [-0.39, 0.29) is 18.0 Å². The zero-order valence-corrected chi connectivity index (χ0v) is 15.0. The predicted octanol–water partition coefficient (Wildman–Crippen LogP) is 4.24. The molecule has 0 bridgehead atoms. The van der Waals surface area contributed by atoms with Crippen LogP contribution in [0.1, 0.15) is 79.1 Å². The first-order valence-corrected chi connectivity index (χ1v) is 8.85. The van der Waals surface area contributed by atoms with Gasteiger partial charge in [0.25, 0.3) is 0 Å². The van der Waals surface area contributed by atoms with Crippen LogP contribution in [-0.4, -0.2) is 23.8 Å². The number of ether oxygens (including phenoxy) is 2. The lowest BCUT2D eigenvalue weighted by Crippen LogP contribution is -2.21. The van der Waals surface area contributed by atoms with Crippen molar-refractivity contribution in [3.8, 4) is 23.7 Å². The summed E-state index contributed by atoms with van der Waals surface area (Å²) in [4.78, 5) is 11.1. The smallest absolute Gasteiger partial charge is 0.206 e. The summed E-state index contributed by atoms with van der Waals surface area (Å²) in [7, 11) is 0. The molecule has 1 fully saturated rings. The summed E-state index contributed by atoms with van der Waals surface area (Å²) < 4.78 is 11.9. The maximum absolute atomic E-state index is 11.1. The second-order valence-corrected chi connectivity index (χ2v) is 6.45. The summed E-state index contributed by atoms with van der Waals surface area (Å²) in [6.45, 7) is 7.91. The zero-order chi connectivity index (χ0) is 17.1. The van der Waals surface area contributed by atoms with Crippen LogP contribution in [0, 0.1) is 23.7 Å². The van der Waals surface area contributed by atoms with Crippen LogP contribution in [0.3, 0.4) is 0 Å². The highest BCUT2D eigenvalue weighted by Gasteiger charge is 2.40. The third-order valence-electron chi connectivity index (χ3n) is 3.85. The number of carbonyl (C=O) groups is 1. The van der Waals surface area contributed by atoms with Gasteiger partial charge in [-0.25, -0.2) is 0 Å². The van der Waals surface area contributed by atoms with Crippen LogP contribution < -0.4 is 0 Å². The van der Waals surface area contributed by atoms with Crippen LogP contribution in [-0.2, 0) is 14.3 Å². The maximum Gasteiger partial charge on any atom is 0.206 e. The van der Waals surface area contributed by atoms with Gasteiger partial charge in [0, 0.05) is 12.8 Å². The van der Waals surface area contributed by atoms with Crippen molar-refractivity contribution in [2.24, 2.45) is 0 Å². The molecule has 0 aromatic rings. The van der Waals surface area contributed by atoms with Gasteiger partial charge in [-0.05, 0) is 38.0 Å². The molecule has 0 spiro atoms. The number of hydrogen-bond acceptors (Lipinski definition) is 3. The van der Waals surface area contributed by atoms with Gasteiger partial charge in [0.2, 0.25) is 5.78 Å². The van der Waals surface area contributed by atoms with Crippen molar-refractivity contribution in [2.75, 3.05) is 0 Å². The third-order valence-corrected chi connectivity index (χ3v) is 3.85. The van der Waals surface area contributed by atoms with E-state index in [1.807, 2.05) is 13.8 Å². The van der Waals surface area contributed by atoms with Gasteiger partial charge in [0.15, 0.2) is 5.79 Å². The fourth-order valence-electron chi connectivity index (χ4n) is 2.66. The molecule has 0 aromatic carbocycles. The fourth-order valence-corrected chi connectivity index (χ4v) is 2.66. The molecule has 0 aromatic heterocycles. The average Bonchev–Trinajstić information content (AvgIpc) is 2.80. The lowest BCUT2D eigenvalue weighted by molar-refractivity contribution is -0.146. The number of rotatable bonds is 8. The number of ketones is 1. The van der Waals surface area contributed by atoms with Crippen molar-refractivity contribution < 1.29 is 14.3 Å². The summed E-state index contributed by atoms with van der Waals surface area (Å²) >= 11 is 0. The quantitative estimate of drug-likeness (QED) is 0.381. The lowest BCUT2D eigenvalue weighted by Gasteiger charge is -2.16. The molecule has 0 aliphatic carbocycles. The molecule has 0 radical (unpaired) electrons. The number of hydrogen-bond donors (Lipinski definition) is 0. The Morgan fingerprint density at radius 2 is 1.70 bits per heavy atom. The normalized spacial score (nSPS) is 21.9. The zero-order valence-electron chi connectivity index (χ0n) is 15.0. The van der Waals surface area contributed by atoms with E-state index >= 15 is 0 Å². The summed E-state index contributed by atoms with van der Waals surface area (Å²) in [6.07, 6.45) is 8.40. The summed E-state index contributed by atoms with van der Waals surface area (Å²) in [6, 6.07) is 0. The minimum absolute atomic E-state index is 0.00708. The van der Waals surface area contributed by atoms with Gasteiger partial charge in [0.1, 0.15) is 0 Å². The Morgan fingerprint density at radius 3 is 2.39 bits per heavy atom. The first-order chi connectivity index (χ1) is 11.0. The molecule has 2 unspecified atom stereocenters. The van der Waals surface area contributed by atoms with E-state index in [2.05, 4.69) is 30.6 Å². The Bertz CT molecular complexity index is 484. The minimum Gasteiger partial charge on any atom is -0.345 e. The van der Waals surface area contributed by atoms with E-state index in [0.717, 1.165) is 6.42 Å². The maximum atomic E-state index is 11.1. The van der Waals surface area contributed by atoms with E-state index in [0.29, 0.717) is 12.8 Å². The van der Waals surface area contributed by atoms with Gasteiger partial charge in [-0.2, -0.15) is 0 Å². The molecule has 0 amide bonds. The molecule has 3 heteroatoms. The van der Waals surface area contributed by atoms with Gasteiger partial charge in [-0.1, -0.05) is 51.9 Å². The van der Waals surface area contributed by atoms with Crippen LogP contribution in [0.5, 0.6) is 0 Å². The molecule has 128 valence electrons. The largest absolute Gasteiger partial charge is 0.345 e. The summed E-state index contributed by atoms with van der Waals surface area (Å²) in [5, 5.41) is 0. The van der Waals surface area contributed by atoms with Crippen molar-refractivity contribution in [1.82, 2.24) is 0 Å². The van der Waals surface area contributed by atoms with Crippen molar-refractivity contribution in [2.45, 2.75) is 97.1 Å². The minimum atomic E-state index is -0.537. The second kappa shape index (κ2) is 10.5. The first kappa shape index (κ1) is 19.8. The topological polar surface area (TPSA) is 35.5 Å². The van der Waals surface area contributed by atoms with Crippen molar-refractivity contribution in [3.63, 3.8) is 0 Å². The van der Waals surface area contributed by atoms with Gasteiger partial charge in [-0.3, -0.25) is 4.79 Å². The van der Waals surface area contributed by atoms with Crippen LogP contribution in [0.2, 0.25) is 0 Å². The summed E-state index contributed by atoms with van der Waals surface area (Å²) in [5.41, 5.74) is 0. The van der Waals surface area contributed by atoms with Crippen LogP contribution in [0.15, 0.2) is 0 Å². The Labute approximate surface area is 141 Å². The Morgan fingerprint density at radius 1 is 1.00 bits per heavy atom. The molecule has 1 aliphatic rings. The van der Waals surface area contributed by atoms with Crippen molar-refractivity contribution in [3.05, 3.63) is 0 Å². The van der Waals surface area contributed by atoms with Gasteiger partial charge >= 0.3 is 0 Å². The molecule has 3 nitrogen and oxygen atoms in total. The second-order valence-electron chi connectivity index (χ2n) is 6.45. The van der Waals surface area contributed by atoms with Crippen LogP contribution in [0.4, 0.5) is 0 Å².